The van der Waals surface area contributed by atoms with Crippen LogP contribution in [0.1, 0.15) is 39.5 Å². The molecule has 0 aromatic carbocycles. The highest BCUT2D eigenvalue weighted by molar-refractivity contribution is 6.27. The van der Waals surface area contributed by atoms with Gasteiger partial charge in [0.2, 0.25) is 0 Å². The van der Waals surface area contributed by atoms with Crippen LogP contribution < -0.4 is 0 Å². The largest absolute Gasteiger partial charge is 0.443 e. The Morgan fingerprint density at radius 3 is 2.55 bits per heavy atom. The molecule has 65 valence electrons. The smallest absolute Gasteiger partial charge is 0.292 e. The lowest BCUT2D eigenvalue weighted by atomic mass is 9.81. The zero-order chi connectivity index (χ0) is 8.53. The number of hydrogen-bond acceptors (Lipinski definition) is 1. The first-order valence-electron chi connectivity index (χ1n) is 4.69. The lowest BCUT2D eigenvalue weighted by molar-refractivity contribution is 0.415. The van der Waals surface area contributed by atoms with Crippen LogP contribution in [-0.4, -0.2) is 14.6 Å². The maximum Gasteiger partial charge on any atom is 0.292 e. The Bertz CT molecular complexity index is 68.0. The highest BCUT2D eigenvalue weighted by atomic mass is 16.4. The lowest BCUT2D eigenvalue weighted by Gasteiger charge is -2.11. The second kappa shape index (κ2) is 8.12. The molecule has 0 N–H and O–H groups in total. The molecule has 2 heteroatoms. The van der Waals surface area contributed by atoms with E-state index in [1.54, 1.807) is 7.11 Å². The Kier molecular flexibility index (Phi) is 8.14. The van der Waals surface area contributed by atoms with Crippen molar-refractivity contribution in [3.63, 3.8) is 0 Å². The molecule has 0 aliphatic rings. The van der Waals surface area contributed by atoms with E-state index in [-0.39, 0.29) is 0 Å². The van der Waals surface area contributed by atoms with Gasteiger partial charge in [0.15, 0.2) is 0 Å². The minimum absolute atomic E-state index is 0.842. The summed E-state index contributed by atoms with van der Waals surface area (Å²) in [5.74, 6) is 0.842. The molecule has 0 aromatic heterocycles. The van der Waals surface area contributed by atoms with Crippen molar-refractivity contribution in [3.8, 4) is 0 Å². The van der Waals surface area contributed by atoms with Gasteiger partial charge in [0.1, 0.15) is 0 Å². The van der Waals surface area contributed by atoms with Crippen LogP contribution in [0.3, 0.4) is 0 Å². The lowest BCUT2D eigenvalue weighted by Crippen LogP contribution is -2.04. The van der Waals surface area contributed by atoms with Gasteiger partial charge in [-0.15, -0.1) is 0 Å². The molecule has 0 amide bonds. The third-order valence-corrected chi connectivity index (χ3v) is 2.14. The van der Waals surface area contributed by atoms with E-state index >= 15 is 0 Å². The minimum Gasteiger partial charge on any atom is -0.443 e. The van der Waals surface area contributed by atoms with E-state index in [9.17, 15) is 0 Å². The van der Waals surface area contributed by atoms with Crippen molar-refractivity contribution in [3.05, 3.63) is 0 Å². The summed E-state index contributed by atoms with van der Waals surface area (Å²) in [6.45, 7) is 4.50. The number of hydrogen-bond donors (Lipinski definition) is 0. The van der Waals surface area contributed by atoms with Gasteiger partial charge < -0.3 is 4.65 Å². The predicted octanol–water partition coefficient (Wildman–Crippen LogP) is 2.89. The summed E-state index contributed by atoms with van der Waals surface area (Å²) in [7, 11) is 3.65. The standard InChI is InChI=1S/C9H20BO/c1-4-6-7-9(5-2)8-10-11-3/h9H,4-8H2,1-3H3. The van der Waals surface area contributed by atoms with Crippen molar-refractivity contribution >= 4 is 7.48 Å². The Labute approximate surface area is 71.8 Å². The quantitative estimate of drug-likeness (QED) is 0.513. The predicted molar refractivity (Wildman–Crippen MR) is 50.9 cm³/mol. The van der Waals surface area contributed by atoms with Crippen molar-refractivity contribution in [1.82, 2.24) is 0 Å². The monoisotopic (exact) mass is 155 g/mol. The van der Waals surface area contributed by atoms with Crippen molar-refractivity contribution in [2.75, 3.05) is 7.11 Å². The van der Waals surface area contributed by atoms with Gasteiger partial charge in [-0.3, -0.25) is 0 Å². The summed E-state index contributed by atoms with van der Waals surface area (Å²) in [6.07, 6.45) is 6.42. The molecule has 0 aliphatic heterocycles. The normalized spacial score (nSPS) is 13.0. The van der Waals surface area contributed by atoms with Gasteiger partial charge >= 0.3 is 0 Å². The van der Waals surface area contributed by atoms with E-state index in [0.29, 0.717) is 0 Å². The summed E-state index contributed by atoms with van der Waals surface area (Å²) in [4.78, 5) is 0. The fourth-order valence-electron chi connectivity index (χ4n) is 1.21. The van der Waals surface area contributed by atoms with Crippen molar-refractivity contribution in [2.45, 2.75) is 45.9 Å². The molecule has 0 rings (SSSR count). The van der Waals surface area contributed by atoms with Gasteiger partial charge in [0, 0.05) is 7.11 Å². The van der Waals surface area contributed by atoms with Gasteiger partial charge in [0.05, 0.1) is 0 Å². The van der Waals surface area contributed by atoms with Crippen LogP contribution in [0.5, 0.6) is 0 Å². The summed E-state index contributed by atoms with van der Waals surface area (Å²) < 4.78 is 4.93. The van der Waals surface area contributed by atoms with Crippen LogP contribution >= 0.6 is 0 Å². The van der Waals surface area contributed by atoms with E-state index in [2.05, 4.69) is 13.8 Å². The van der Waals surface area contributed by atoms with Crippen LogP contribution in [0.15, 0.2) is 0 Å². The van der Waals surface area contributed by atoms with Gasteiger partial charge in [-0.1, -0.05) is 39.5 Å². The molecule has 0 saturated heterocycles. The van der Waals surface area contributed by atoms with Crippen LogP contribution in [0, 0.1) is 5.92 Å². The van der Waals surface area contributed by atoms with Crippen LogP contribution in [0.4, 0.5) is 0 Å². The highest BCUT2D eigenvalue weighted by Crippen LogP contribution is 2.16. The SMILES string of the molecule is CCCCC(CC)C[B]OC. The second-order valence-electron chi connectivity index (χ2n) is 3.05. The average Bonchev–Trinajstić information content (AvgIpc) is 2.05. The molecule has 0 spiro atoms. The fraction of sp³-hybridized carbons (Fsp3) is 1.00. The van der Waals surface area contributed by atoms with E-state index < -0.39 is 0 Å². The Balaban J connectivity index is 3.25. The van der Waals surface area contributed by atoms with Crippen LogP contribution in [0.25, 0.3) is 0 Å². The summed E-state index contributed by atoms with van der Waals surface area (Å²) in [5.41, 5.74) is 0. The summed E-state index contributed by atoms with van der Waals surface area (Å²) >= 11 is 0. The molecular formula is C9H20BO. The molecule has 0 aliphatic carbocycles. The number of rotatable bonds is 7. The molecule has 1 nitrogen and oxygen atoms in total. The first kappa shape index (κ1) is 11.0. The van der Waals surface area contributed by atoms with E-state index in [1.807, 2.05) is 7.48 Å². The zero-order valence-corrected chi connectivity index (χ0v) is 8.10. The molecule has 1 unspecified atom stereocenters. The molecule has 1 radical (unpaired) electrons. The second-order valence-corrected chi connectivity index (χ2v) is 3.05. The molecule has 1 atom stereocenters. The highest BCUT2D eigenvalue weighted by Gasteiger charge is 2.05. The molecular weight excluding hydrogens is 135 g/mol. The topological polar surface area (TPSA) is 9.23 Å². The van der Waals surface area contributed by atoms with Crippen LogP contribution in [0.2, 0.25) is 6.32 Å². The fourth-order valence-corrected chi connectivity index (χ4v) is 1.21. The first-order chi connectivity index (χ1) is 5.35. The number of unbranched alkanes of at least 4 members (excludes halogenated alkanes) is 1. The molecule has 0 heterocycles. The van der Waals surface area contributed by atoms with E-state index in [1.165, 1.54) is 25.7 Å². The van der Waals surface area contributed by atoms with Gasteiger partial charge in [-0.05, 0) is 12.2 Å². The maximum absolute atomic E-state index is 4.93. The molecule has 0 aromatic rings. The van der Waals surface area contributed by atoms with E-state index in [0.717, 1.165) is 12.2 Å². The van der Waals surface area contributed by atoms with E-state index in [4.69, 9.17) is 4.65 Å². The van der Waals surface area contributed by atoms with Gasteiger partial charge in [-0.2, -0.15) is 0 Å². The summed E-state index contributed by atoms with van der Waals surface area (Å²) in [5, 5.41) is 0. The Morgan fingerprint density at radius 2 is 2.09 bits per heavy atom. The maximum atomic E-state index is 4.93. The Morgan fingerprint density at radius 1 is 1.36 bits per heavy atom. The van der Waals surface area contributed by atoms with Crippen molar-refractivity contribution in [1.29, 1.82) is 0 Å². The first-order valence-corrected chi connectivity index (χ1v) is 4.69. The van der Waals surface area contributed by atoms with Gasteiger partial charge in [-0.25, -0.2) is 0 Å². The third kappa shape index (κ3) is 6.42. The summed E-state index contributed by atoms with van der Waals surface area (Å²) in [6, 6.07) is 0. The zero-order valence-electron chi connectivity index (χ0n) is 8.10. The molecule has 0 bridgehead atoms. The molecule has 0 fully saturated rings. The van der Waals surface area contributed by atoms with Gasteiger partial charge in [0.25, 0.3) is 7.48 Å². The average molecular weight is 155 g/mol. The minimum atomic E-state index is 0.842. The molecule has 0 saturated carbocycles. The Hall–Kier alpha value is 0.0249. The van der Waals surface area contributed by atoms with Crippen molar-refractivity contribution in [2.24, 2.45) is 5.92 Å². The molecule has 11 heavy (non-hydrogen) atoms. The third-order valence-electron chi connectivity index (χ3n) is 2.14. The van der Waals surface area contributed by atoms with Crippen LogP contribution in [-0.2, 0) is 4.65 Å². The van der Waals surface area contributed by atoms with Crippen molar-refractivity contribution < 1.29 is 4.65 Å².